The lowest BCUT2D eigenvalue weighted by atomic mass is 10.2. The van der Waals surface area contributed by atoms with Gasteiger partial charge in [0, 0.05) is 10.3 Å². The van der Waals surface area contributed by atoms with Crippen LogP contribution in [-0.4, -0.2) is 10.7 Å². The number of fused-ring (bicyclic) bond motifs is 1. The summed E-state index contributed by atoms with van der Waals surface area (Å²) in [5, 5.41) is 1.16. The number of para-hydroxylation sites is 1. The highest BCUT2D eigenvalue weighted by atomic mass is 32.2. The fraction of sp³-hybridized carbons (Fsp3) is 0.250. The lowest BCUT2D eigenvalue weighted by molar-refractivity contribution is 1.11. The number of anilines is 1. The van der Waals surface area contributed by atoms with Crippen LogP contribution in [0.25, 0.3) is 10.9 Å². The number of thioether (sulfide) groups is 1. The summed E-state index contributed by atoms with van der Waals surface area (Å²) in [6, 6.07) is 8.13. The van der Waals surface area contributed by atoms with Crippen LogP contribution in [0.5, 0.6) is 0 Å². The van der Waals surface area contributed by atoms with E-state index < -0.39 is 0 Å². The molecule has 0 radical (unpaired) electrons. The predicted molar refractivity (Wildman–Crippen MR) is 67.2 cm³/mol. The van der Waals surface area contributed by atoms with Crippen LogP contribution in [0, 0.1) is 0 Å². The summed E-state index contributed by atoms with van der Waals surface area (Å²) < 4.78 is 0. The van der Waals surface area contributed by atoms with E-state index in [-0.39, 0.29) is 0 Å². The second kappa shape index (κ2) is 4.53. The van der Waals surface area contributed by atoms with Crippen LogP contribution in [0.15, 0.2) is 35.4 Å². The van der Waals surface area contributed by atoms with Gasteiger partial charge in [0.15, 0.2) is 0 Å². The summed E-state index contributed by atoms with van der Waals surface area (Å²) in [5.74, 6) is 1.10. The van der Waals surface area contributed by atoms with E-state index in [4.69, 9.17) is 5.73 Å². The molecule has 78 valence electrons. The Balaban J connectivity index is 2.53. The van der Waals surface area contributed by atoms with Gasteiger partial charge in [-0.25, -0.2) is 0 Å². The summed E-state index contributed by atoms with van der Waals surface area (Å²) in [6.07, 6.45) is 2.90. The second-order valence-electron chi connectivity index (χ2n) is 3.41. The number of hydrogen-bond acceptors (Lipinski definition) is 3. The van der Waals surface area contributed by atoms with E-state index in [1.807, 2.05) is 30.0 Å². The minimum atomic E-state index is 0.784. The third kappa shape index (κ3) is 2.07. The first-order chi connectivity index (χ1) is 7.33. The average Bonchev–Trinajstić information content (AvgIpc) is 2.28. The Labute approximate surface area is 93.9 Å². The summed E-state index contributed by atoms with van der Waals surface area (Å²) >= 11 is 1.81. The van der Waals surface area contributed by atoms with Crippen molar-refractivity contribution < 1.29 is 0 Å². The van der Waals surface area contributed by atoms with E-state index in [9.17, 15) is 0 Å². The summed E-state index contributed by atoms with van der Waals surface area (Å²) in [4.78, 5) is 5.48. The molecule has 0 saturated heterocycles. The number of rotatable bonds is 3. The minimum absolute atomic E-state index is 0.784. The number of nitrogens with two attached hydrogens (primary N) is 1. The fourth-order valence-electron chi connectivity index (χ4n) is 1.50. The minimum Gasteiger partial charge on any atom is -0.397 e. The molecule has 2 aromatic rings. The molecule has 1 aromatic heterocycles. The van der Waals surface area contributed by atoms with Crippen LogP contribution in [0.3, 0.4) is 0 Å². The van der Waals surface area contributed by atoms with E-state index in [1.165, 1.54) is 4.90 Å². The summed E-state index contributed by atoms with van der Waals surface area (Å²) in [6.45, 7) is 2.17. The molecular formula is C12H14N2S. The lowest BCUT2D eigenvalue weighted by Gasteiger charge is -2.07. The number of hydrogen-bond donors (Lipinski definition) is 1. The van der Waals surface area contributed by atoms with E-state index in [1.54, 1.807) is 6.20 Å². The van der Waals surface area contributed by atoms with Crippen molar-refractivity contribution >= 4 is 28.4 Å². The molecule has 0 unspecified atom stereocenters. The van der Waals surface area contributed by atoms with Crippen molar-refractivity contribution in [1.82, 2.24) is 4.98 Å². The Hall–Kier alpha value is -1.22. The van der Waals surface area contributed by atoms with Crippen LogP contribution in [-0.2, 0) is 0 Å². The zero-order valence-electron chi connectivity index (χ0n) is 8.73. The molecule has 2 N–H and O–H groups in total. The molecule has 0 spiro atoms. The van der Waals surface area contributed by atoms with Gasteiger partial charge < -0.3 is 5.73 Å². The molecule has 15 heavy (non-hydrogen) atoms. The first kappa shape index (κ1) is 10.3. The molecule has 0 aliphatic carbocycles. The van der Waals surface area contributed by atoms with E-state index in [0.717, 1.165) is 28.8 Å². The van der Waals surface area contributed by atoms with Gasteiger partial charge in [-0.05, 0) is 18.2 Å². The number of aromatic nitrogens is 1. The van der Waals surface area contributed by atoms with Gasteiger partial charge in [-0.1, -0.05) is 25.1 Å². The molecule has 2 rings (SSSR count). The fourth-order valence-corrected chi connectivity index (χ4v) is 2.45. The highest BCUT2D eigenvalue weighted by Crippen LogP contribution is 2.31. The van der Waals surface area contributed by atoms with Gasteiger partial charge in [-0.2, -0.15) is 0 Å². The second-order valence-corrected chi connectivity index (χ2v) is 4.51. The maximum Gasteiger partial charge on any atom is 0.0714 e. The standard InChI is InChI=1S/C12H14N2S/c1-2-7-15-12-9-5-3-4-6-11(9)14-8-10(12)13/h3-6,8H,2,7,13H2,1H3. The van der Waals surface area contributed by atoms with Gasteiger partial charge in [0.05, 0.1) is 17.4 Å². The summed E-state index contributed by atoms with van der Waals surface area (Å²) in [7, 11) is 0. The number of pyridine rings is 1. The van der Waals surface area contributed by atoms with Crippen molar-refractivity contribution in [3.05, 3.63) is 30.5 Å². The van der Waals surface area contributed by atoms with Gasteiger partial charge in [0.2, 0.25) is 0 Å². The first-order valence-corrected chi connectivity index (χ1v) is 6.07. The number of nitrogens with zero attached hydrogens (tertiary/aromatic N) is 1. The number of nitrogen functional groups attached to an aromatic ring is 1. The molecule has 1 heterocycles. The van der Waals surface area contributed by atoms with Crippen LogP contribution in [0.4, 0.5) is 5.69 Å². The molecule has 0 saturated carbocycles. The summed E-state index contributed by atoms with van der Waals surface area (Å²) in [5.41, 5.74) is 7.75. The zero-order chi connectivity index (χ0) is 10.7. The monoisotopic (exact) mass is 218 g/mol. The average molecular weight is 218 g/mol. The Morgan fingerprint density at radius 2 is 2.13 bits per heavy atom. The first-order valence-electron chi connectivity index (χ1n) is 5.09. The van der Waals surface area contributed by atoms with Crippen LogP contribution < -0.4 is 5.73 Å². The molecular weight excluding hydrogens is 204 g/mol. The van der Waals surface area contributed by atoms with E-state index in [0.29, 0.717) is 0 Å². The van der Waals surface area contributed by atoms with Crippen molar-refractivity contribution in [3.63, 3.8) is 0 Å². The van der Waals surface area contributed by atoms with Gasteiger partial charge in [0.1, 0.15) is 0 Å². The SMILES string of the molecule is CCCSc1c(N)cnc2ccccc12. The molecule has 0 amide bonds. The zero-order valence-corrected chi connectivity index (χ0v) is 9.55. The lowest BCUT2D eigenvalue weighted by Crippen LogP contribution is -1.92. The van der Waals surface area contributed by atoms with Crippen molar-refractivity contribution in [2.75, 3.05) is 11.5 Å². The van der Waals surface area contributed by atoms with Crippen molar-refractivity contribution in [2.24, 2.45) is 0 Å². The Bertz CT molecular complexity index is 468. The van der Waals surface area contributed by atoms with Gasteiger partial charge in [0.25, 0.3) is 0 Å². The van der Waals surface area contributed by atoms with Crippen molar-refractivity contribution in [2.45, 2.75) is 18.2 Å². The molecule has 0 bridgehead atoms. The molecule has 1 aromatic carbocycles. The molecule has 0 fully saturated rings. The van der Waals surface area contributed by atoms with Crippen LogP contribution in [0.1, 0.15) is 13.3 Å². The normalized spacial score (nSPS) is 10.7. The van der Waals surface area contributed by atoms with E-state index in [2.05, 4.69) is 18.0 Å². The highest BCUT2D eigenvalue weighted by Gasteiger charge is 2.05. The van der Waals surface area contributed by atoms with Gasteiger partial charge in [-0.3, -0.25) is 4.98 Å². The van der Waals surface area contributed by atoms with Gasteiger partial charge in [-0.15, -0.1) is 11.8 Å². The maximum atomic E-state index is 5.94. The number of benzene rings is 1. The smallest absolute Gasteiger partial charge is 0.0714 e. The molecule has 0 aliphatic heterocycles. The predicted octanol–water partition coefficient (Wildman–Crippen LogP) is 3.32. The maximum absolute atomic E-state index is 5.94. The van der Waals surface area contributed by atoms with Crippen LogP contribution in [0.2, 0.25) is 0 Å². The molecule has 0 atom stereocenters. The molecule has 2 nitrogen and oxygen atoms in total. The van der Waals surface area contributed by atoms with Crippen LogP contribution >= 0.6 is 11.8 Å². The van der Waals surface area contributed by atoms with Crippen molar-refractivity contribution in [3.8, 4) is 0 Å². The Kier molecular flexibility index (Phi) is 3.11. The third-order valence-electron chi connectivity index (χ3n) is 2.20. The van der Waals surface area contributed by atoms with E-state index >= 15 is 0 Å². The largest absolute Gasteiger partial charge is 0.397 e. The quantitative estimate of drug-likeness (QED) is 0.803. The highest BCUT2D eigenvalue weighted by molar-refractivity contribution is 7.99. The topological polar surface area (TPSA) is 38.9 Å². The molecule has 0 aliphatic rings. The van der Waals surface area contributed by atoms with Gasteiger partial charge >= 0.3 is 0 Å². The van der Waals surface area contributed by atoms with Crippen molar-refractivity contribution in [1.29, 1.82) is 0 Å². The Morgan fingerprint density at radius 1 is 1.33 bits per heavy atom. The third-order valence-corrected chi connectivity index (χ3v) is 3.56. The Morgan fingerprint density at radius 3 is 2.93 bits per heavy atom. The molecule has 3 heteroatoms.